The molecule has 2 N–H and O–H groups in total. The van der Waals surface area contributed by atoms with E-state index in [0.717, 1.165) is 5.69 Å². The Morgan fingerprint density at radius 3 is 2.59 bits per heavy atom. The van der Waals surface area contributed by atoms with E-state index in [1.807, 2.05) is 18.2 Å². The van der Waals surface area contributed by atoms with Crippen LogP contribution >= 0.6 is 0 Å². The van der Waals surface area contributed by atoms with Gasteiger partial charge in [0.15, 0.2) is 17.3 Å². The molecular formula is C18H17N5O4. The molecule has 0 saturated heterocycles. The predicted octanol–water partition coefficient (Wildman–Crippen LogP) is 2.85. The first-order valence-electron chi connectivity index (χ1n) is 8.34. The van der Waals surface area contributed by atoms with Crippen LogP contribution in [-0.4, -0.2) is 34.2 Å². The second-order valence-corrected chi connectivity index (χ2v) is 5.95. The Kier molecular flexibility index (Phi) is 4.33. The fraction of sp³-hybridized carbons (Fsp3) is 0.222. The second-order valence-electron chi connectivity index (χ2n) is 5.95. The number of carbonyl (C=O) groups excluding carboxylic acids is 1. The molecule has 4 rings (SSSR count). The van der Waals surface area contributed by atoms with E-state index >= 15 is 0 Å². The van der Waals surface area contributed by atoms with Gasteiger partial charge in [-0.2, -0.15) is 0 Å². The van der Waals surface area contributed by atoms with Gasteiger partial charge < -0.3 is 24.6 Å². The normalized spacial score (nSPS) is 12.5. The third-order valence-corrected chi connectivity index (χ3v) is 3.75. The molecule has 27 heavy (non-hydrogen) atoms. The van der Waals surface area contributed by atoms with Crippen LogP contribution in [-0.2, 0) is 0 Å². The van der Waals surface area contributed by atoms with Crippen molar-refractivity contribution in [2.75, 3.05) is 23.8 Å². The maximum atomic E-state index is 12.4. The van der Waals surface area contributed by atoms with Crippen LogP contribution in [0.2, 0.25) is 0 Å². The lowest BCUT2D eigenvalue weighted by atomic mass is 10.2. The van der Waals surface area contributed by atoms with E-state index in [1.165, 1.54) is 0 Å². The molecule has 0 radical (unpaired) electrons. The van der Waals surface area contributed by atoms with E-state index in [2.05, 4.69) is 25.8 Å². The SMILES string of the molecule is Cc1nc(Nc2ccc3c(c2)OCCO3)cc(C(=O)Nc2cc(C)on2)n1. The fourth-order valence-corrected chi connectivity index (χ4v) is 2.62. The summed E-state index contributed by atoms with van der Waals surface area (Å²) in [5, 5.41) is 9.54. The van der Waals surface area contributed by atoms with E-state index in [0.29, 0.717) is 47.9 Å². The van der Waals surface area contributed by atoms with Gasteiger partial charge >= 0.3 is 0 Å². The highest BCUT2D eigenvalue weighted by molar-refractivity contribution is 6.02. The molecule has 0 saturated carbocycles. The Morgan fingerprint density at radius 2 is 1.81 bits per heavy atom. The first kappa shape index (κ1) is 16.8. The van der Waals surface area contributed by atoms with Crippen LogP contribution in [0.4, 0.5) is 17.3 Å². The zero-order chi connectivity index (χ0) is 18.8. The van der Waals surface area contributed by atoms with Crippen LogP contribution in [0.25, 0.3) is 0 Å². The summed E-state index contributed by atoms with van der Waals surface area (Å²) in [6.07, 6.45) is 0. The maximum Gasteiger partial charge on any atom is 0.275 e. The van der Waals surface area contributed by atoms with Crippen molar-refractivity contribution in [2.45, 2.75) is 13.8 Å². The van der Waals surface area contributed by atoms with Crippen LogP contribution < -0.4 is 20.1 Å². The number of aryl methyl sites for hydroxylation is 2. The molecule has 0 fully saturated rings. The monoisotopic (exact) mass is 367 g/mol. The van der Waals surface area contributed by atoms with Gasteiger partial charge in [-0.05, 0) is 26.0 Å². The third-order valence-electron chi connectivity index (χ3n) is 3.75. The van der Waals surface area contributed by atoms with Gasteiger partial charge in [-0.1, -0.05) is 5.16 Å². The number of fused-ring (bicyclic) bond motifs is 1. The molecule has 1 amide bonds. The van der Waals surface area contributed by atoms with Gasteiger partial charge in [0.05, 0.1) is 0 Å². The number of ether oxygens (including phenoxy) is 2. The van der Waals surface area contributed by atoms with Crippen LogP contribution in [0.3, 0.4) is 0 Å². The molecular weight excluding hydrogens is 350 g/mol. The van der Waals surface area contributed by atoms with Crippen molar-refractivity contribution in [1.82, 2.24) is 15.1 Å². The van der Waals surface area contributed by atoms with E-state index in [4.69, 9.17) is 14.0 Å². The van der Waals surface area contributed by atoms with Crippen LogP contribution in [0, 0.1) is 13.8 Å². The average molecular weight is 367 g/mol. The number of nitrogens with zero attached hydrogens (tertiary/aromatic N) is 3. The Hall–Kier alpha value is -3.62. The minimum absolute atomic E-state index is 0.211. The van der Waals surface area contributed by atoms with Crippen molar-refractivity contribution in [3.63, 3.8) is 0 Å². The summed E-state index contributed by atoms with van der Waals surface area (Å²) in [7, 11) is 0. The molecule has 0 atom stereocenters. The Balaban J connectivity index is 1.54. The lowest BCUT2D eigenvalue weighted by Gasteiger charge is -2.19. The summed E-state index contributed by atoms with van der Waals surface area (Å²) in [6.45, 7) is 4.50. The molecule has 0 aliphatic carbocycles. The number of nitrogens with one attached hydrogen (secondary N) is 2. The number of hydrogen-bond acceptors (Lipinski definition) is 8. The maximum absolute atomic E-state index is 12.4. The predicted molar refractivity (Wildman–Crippen MR) is 96.7 cm³/mol. The van der Waals surface area contributed by atoms with Crippen molar-refractivity contribution in [3.8, 4) is 11.5 Å². The molecule has 2 aromatic heterocycles. The third kappa shape index (κ3) is 3.81. The van der Waals surface area contributed by atoms with E-state index in [-0.39, 0.29) is 5.69 Å². The number of carbonyl (C=O) groups is 1. The highest BCUT2D eigenvalue weighted by Gasteiger charge is 2.15. The van der Waals surface area contributed by atoms with Gasteiger partial charge in [-0.25, -0.2) is 9.97 Å². The standard InChI is InChI=1S/C18H17N5O4/c1-10-7-17(23-27-10)22-18(24)13-9-16(20-11(2)19-13)21-12-3-4-14-15(8-12)26-6-5-25-14/h3-4,7-9H,5-6H2,1-2H3,(H,19,20,21)(H,22,23,24). The van der Waals surface area contributed by atoms with Gasteiger partial charge in [-0.3, -0.25) is 4.79 Å². The second kappa shape index (κ2) is 6.94. The summed E-state index contributed by atoms with van der Waals surface area (Å²) in [6, 6.07) is 8.69. The van der Waals surface area contributed by atoms with Crippen LogP contribution in [0.1, 0.15) is 22.1 Å². The Labute approximate surface area is 154 Å². The molecule has 9 nitrogen and oxygen atoms in total. The first-order chi connectivity index (χ1) is 13.1. The lowest BCUT2D eigenvalue weighted by Crippen LogP contribution is -2.16. The van der Waals surface area contributed by atoms with Gasteiger partial charge in [0.1, 0.15) is 36.3 Å². The number of amides is 1. The van der Waals surface area contributed by atoms with Crippen LogP contribution in [0.5, 0.6) is 11.5 Å². The number of anilines is 3. The molecule has 0 unspecified atom stereocenters. The average Bonchev–Trinajstić information content (AvgIpc) is 3.06. The van der Waals surface area contributed by atoms with Gasteiger partial charge in [-0.15, -0.1) is 0 Å². The zero-order valence-corrected chi connectivity index (χ0v) is 14.8. The molecule has 1 aliphatic rings. The Bertz CT molecular complexity index is 1000. The molecule has 1 aliphatic heterocycles. The van der Waals surface area contributed by atoms with E-state index in [9.17, 15) is 4.79 Å². The number of rotatable bonds is 4. The van der Waals surface area contributed by atoms with Crippen LogP contribution in [0.15, 0.2) is 34.9 Å². The van der Waals surface area contributed by atoms with Gasteiger partial charge in [0.2, 0.25) is 0 Å². The minimum atomic E-state index is -0.404. The largest absolute Gasteiger partial charge is 0.486 e. The van der Waals surface area contributed by atoms with Crippen molar-refractivity contribution >= 4 is 23.2 Å². The number of aromatic nitrogens is 3. The molecule has 3 heterocycles. The first-order valence-corrected chi connectivity index (χ1v) is 8.34. The highest BCUT2D eigenvalue weighted by atomic mass is 16.6. The quantitative estimate of drug-likeness (QED) is 0.724. The molecule has 9 heteroatoms. The van der Waals surface area contributed by atoms with Gasteiger partial charge in [0.25, 0.3) is 5.91 Å². The fourth-order valence-electron chi connectivity index (χ4n) is 2.62. The van der Waals surface area contributed by atoms with Crippen molar-refractivity contribution in [2.24, 2.45) is 0 Å². The topological polar surface area (TPSA) is 111 Å². The zero-order valence-electron chi connectivity index (χ0n) is 14.8. The summed E-state index contributed by atoms with van der Waals surface area (Å²) in [5.74, 6) is 2.84. The molecule has 0 spiro atoms. The summed E-state index contributed by atoms with van der Waals surface area (Å²) in [5.41, 5.74) is 0.971. The molecule has 138 valence electrons. The molecule has 3 aromatic rings. The van der Waals surface area contributed by atoms with Crippen molar-refractivity contribution < 1.29 is 18.8 Å². The lowest BCUT2D eigenvalue weighted by molar-refractivity contribution is 0.102. The molecule has 0 bridgehead atoms. The highest BCUT2D eigenvalue weighted by Crippen LogP contribution is 2.33. The summed E-state index contributed by atoms with van der Waals surface area (Å²) >= 11 is 0. The Morgan fingerprint density at radius 1 is 1.00 bits per heavy atom. The smallest absolute Gasteiger partial charge is 0.275 e. The number of benzene rings is 1. The van der Waals surface area contributed by atoms with E-state index in [1.54, 1.807) is 26.0 Å². The summed E-state index contributed by atoms with van der Waals surface area (Å²) < 4.78 is 16.0. The summed E-state index contributed by atoms with van der Waals surface area (Å²) in [4.78, 5) is 20.9. The minimum Gasteiger partial charge on any atom is -0.486 e. The number of hydrogen-bond donors (Lipinski definition) is 2. The van der Waals surface area contributed by atoms with Gasteiger partial charge in [0, 0.05) is 23.9 Å². The van der Waals surface area contributed by atoms with Crippen molar-refractivity contribution in [1.29, 1.82) is 0 Å². The molecule has 1 aromatic carbocycles. The van der Waals surface area contributed by atoms with Crippen molar-refractivity contribution in [3.05, 3.63) is 47.6 Å². The van der Waals surface area contributed by atoms with E-state index < -0.39 is 5.91 Å².